The summed E-state index contributed by atoms with van der Waals surface area (Å²) in [7, 11) is 0. The van der Waals surface area contributed by atoms with Crippen LogP contribution in [0.4, 0.5) is 27.4 Å². The van der Waals surface area contributed by atoms with Crippen LogP contribution in [0.3, 0.4) is 0 Å². The first kappa shape index (κ1) is 25.8. The van der Waals surface area contributed by atoms with Crippen LogP contribution in [-0.4, -0.2) is 40.5 Å². The molecule has 10 nitrogen and oxygen atoms in total. The largest absolute Gasteiger partial charge is 0.493 e. The number of para-hydroxylation sites is 1. The fraction of sp³-hybridized carbons (Fsp3) is 0.308. The molecule has 3 aromatic rings. The highest BCUT2D eigenvalue weighted by Gasteiger charge is 2.24. The SMILES string of the molecule is CCOc1ccccc1C(=O)Nc1cncc(Nc2nc(NC3CCCCC3N)c(F)cc2C(N)=O)c1. The number of halogens is 1. The van der Waals surface area contributed by atoms with Crippen LogP contribution in [0.5, 0.6) is 5.75 Å². The number of nitrogens with zero attached hydrogens (tertiary/aromatic N) is 2. The Bertz CT molecular complexity index is 1290. The van der Waals surface area contributed by atoms with E-state index in [0.717, 1.165) is 31.7 Å². The predicted molar refractivity (Wildman–Crippen MR) is 140 cm³/mol. The highest BCUT2D eigenvalue weighted by atomic mass is 19.1. The van der Waals surface area contributed by atoms with Crippen LogP contribution in [0, 0.1) is 5.82 Å². The highest BCUT2D eigenvalue weighted by Crippen LogP contribution is 2.27. The van der Waals surface area contributed by atoms with E-state index < -0.39 is 11.7 Å². The maximum atomic E-state index is 14.8. The second-order valence-electron chi connectivity index (χ2n) is 8.75. The van der Waals surface area contributed by atoms with Crippen molar-refractivity contribution in [2.75, 3.05) is 22.6 Å². The molecule has 0 bridgehead atoms. The summed E-state index contributed by atoms with van der Waals surface area (Å²) >= 11 is 0. The Morgan fingerprint density at radius 2 is 1.84 bits per heavy atom. The van der Waals surface area contributed by atoms with Crippen molar-refractivity contribution >= 4 is 34.8 Å². The Morgan fingerprint density at radius 3 is 2.59 bits per heavy atom. The number of nitrogens with two attached hydrogens (primary N) is 2. The van der Waals surface area contributed by atoms with Gasteiger partial charge >= 0.3 is 0 Å². The number of carbonyl (C=O) groups is 2. The van der Waals surface area contributed by atoms with E-state index in [1.807, 2.05) is 6.92 Å². The fourth-order valence-electron chi connectivity index (χ4n) is 4.23. The number of amides is 2. The normalized spacial score (nSPS) is 17.1. The van der Waals surface area contributed by atoms with E-state index in [9.17, 15) is 14.0 Å². The zero-order chi connectivity index (χ0) is 26.4. The number of ether oxygens (including phenoxy) is 1. The average Bonchev–Trinajstić information content (AvgIpc) is 2.87. The standard InChI is InChI=1S/C26H30FN7O3/c1-2-37-22-10-6-3-7-17(22)26(36)32-16-11-15(13-30-14-16)31-24-18(23(29)35)12-19(27)25(34-24)33-21-9-5-4-8-20(21)28/h3,6-7,10-14,20-21H,2,4-5,8-9,28H2,1H3,(H2,29,35)(H,32,36)(H2,31,33,34). The van der Waals surface area contributed by atoms with Crippen molar-refractivity contribution in [1.82, 2.24) is 9.97 Å². The van der Waals surface area contributed by atoms with Crippen LogP contribution in [0.1, 0.15) is 53.3 Å². The Balaban J connectivity index is 1.56. The molecule has 2 aromatic heterocycles. The molecule has 1 aromatic carbocycles. The summed E-state index contributed by atoms with van der Waals surface area (Å²) in [6.45, 7) is 2.25. The maximum absolute atomic E-state index is 14.8. The molecule has 2 unspecified atom stereocenters. The van der Waals surface area contributed by atoms with Gasteiger partial charge in [0, 0.05) is 12.1 Å². The molecule has 1 fully saturated rings. The summed E-state index contributed by atoms with van der Waals surface area (Å²) in [6.07, 6.45) is 6.58. The summed E-state index contributed by atoms with van der Waals surface area (Å²) in [5.74, 6) is -1.45. The van der Waals surface area contributed by atoms with E-state index in [1.54, 1.807) is 30.3 Å². The molecule has 2 heterocycles. The number of benzene rings is 1. The van der Waals surface area contributed by atoms with E-state index in [2.05, 4.69) is 25.9 Å². The van der Waals surface area contributed by atoms with Crippen LogP contribution >= 0.6 is 0 Å². The van der Waals surface area contributed by atoms with Crippen molar-refractivity contribution in [2.45, 2.75) is 44.7 Å². The first-order valence-electron chi connectivity index (χ1n) is 12.1. The number of pyridine rings is 2. The Hall–Kier alpha value is -4.25. The number of hydrogen-bond donors (Lipinski definition) is 5. The van der Waals surface area contributed by atoms with Gasteiger partial charge in [-0.25, -0.2) is 9.37 Å². The van der Waals surface area contributed by atoms with Crippen LogP contribution < -0.4 is 32.2 Å². The van der Waals surface area contributed by atoms with Crippen molar-refractivity contribution in [3.63, 3.8) is 0 Å². The predicted octanol–water partition coefficient (Wildman–Crippen LogP) is 3.79. The molecule has 1 saturated carbocycles. The number of primary amides is 1. The summed E-state index contributed by atoms with van der Waals surface area (Å²) in [6, 6.07) is 9.28. The molecule has 1 aliphatic rings. The third-order valence-corrected chi connectivity index (χ3v) is 6.07. The van der Waals surface area contributed by atoms with Gasteiger partial charge in [0.25, 0.3) is 11.8 Å². The molecular weight excluding hydrogens is 477 g/mol. The minimum atomic E-state index is -0.847. The molecular formula is C26H30FN7O3. The maximum Gasteiger partial charge on any atom is 0.259 e. The Labute approximate surface area is 214 Å². The first-order chi connectivity index (χ1) is 17.9. The third-order valence-electron chi connectivity index (χ3n) is 6.07. The van der Waals surface area contributed by atoms with Crippen molar-refractivity contribution in [3.05, 3.63) is 65.7 Å². The number of rotatable bonds is 9. The van der Waals surface area contributed by atoms with Gasteiger partial charge < -0.3 is 32.2 Å². The molecule has 0 spiro atoms. The van der Waals surface area contributed by atoms with Crippen molar-refractivity contribution in [3.8, 4) is 5.75 Å². The zero-order valence-electron chi connectivity index (χ0n) is 20.5. The minimum absolute atomic E-state index is 0.0280. The van der Waals surface area contributed by atoms with Crippen molar-refractivity contribution in [2.24, 2.45) is 11.5 Å². The number of nitrogens with one attached hydrogen (secondary N) is 3. The van der Waals surface area contributed by atoms with Crippen LogP contribution in [0.2, 0.25) is 0 Å². The Morgan fingerprint density at radius 1 is 1.08 bits per heavy atom. The molecule has 1 aliphatic carbocycles. The second kappa shape index (κ2) is 11.7. The van der Waals surface area contributed by atoms with E-state index in [4.69, 9.17) is 16.2 Å². The van der Waals surface area contributed by atoms with Crippen LogP contribution in [0.25, 0.3) is 0 Å². The van der Waals surface area contributed by atoms with Crippen molar-refractivity contribution in [1.29, 1.82) is 0 Å². The van der Waals surface area contributed by atoms with Gasteiger partial charge in [-0.2, -0.15) is 0 Å². The molecule has 2 amide bonds. The van der Waals surface area contributed by atoms with Gasteiger partial charge in [0.2, 0.25) is 0 Å². The first-order valence-corrected chi connectivity index (χ1v) is 12.1. The number of hydrogen-bond acceptors (Lipinski definition) is 8. The molecule has 11 heteroatoms. The van der Waals surface area contributed by atoms with Gasteiger partial charge in [0.15, 0.2) is 11.6 Å². The molecule has 2 atom stereocenters. The van der Waals surface area contributed by atoms with E-state index in [-0.39, 0.29) is 35.2 Å². The van der Waals surface area contributed by atoms with Gasteiger partial charge in [0.1, 0.15) is 11.6 Å². The van der Waals surface area contributed by atoms with E-state index >= 15 is 0 Å². The van der Waals surface area contributed by atoms with Gasteiger partial charge in [-0.1, -0.05) is 25.0 Å². The summed E-state index contributed by atoms with van der Waals surface area (Å²) < 4.78 is 20.3. The third kappa shape index (κ3) is 6.31. The summed E-state index contributed by atoms with van der Waals surface area (Å²) in [5.41, 5.74) is 12.7. The quantitative estimate of drug-likeness (QED) is 0.293. The van der Waals surface area contributed by atoms with E-state index in [0.29, 0.717) is 29.3 Å². The lowest BCUT2D eigenvalue weighted by Crippen LogP contribution is -2.43. The fourth-order valence-corrected chi connectivity index (χ4v) is 4.23. The molecule has 0 aliphatic heterocycles. The number of anilines is 4. The molecule has 37 heavy (non-hydrogen) atoms. The van der Waals surface area contributed by atoms with Gasteiger partial charge in [0.05, 0.1) is 41.5 Å². The molecule has 194 valence electrons. The highest BCUT2D eigenvalue weighted by molar-refractivity contribution is 6.06. The second-order valence-corrected chi connectivity index (χ2v) is 8.75. The summed E-state index contributed by atoms with van der Waals surface area (Å²) in [4.78, 5) is 33.3. The van der Waals surface area contributed by atoms with Gasteiger partial charge in [-0.3, -0.25) is 14.6 Å². The number of carbonyl (C=O) groups excluding carboxylic acids is 2. The topological polar surface area (TPSA) is 157 Å². The molecule has 4 rings (SSSR count). The lowest BCUT2D eigenvalue weighted by atomic mass is 9.91. The monoisotopic (exact) mass is 507 g/mol. The smallest absolute Gasteiger partial charge is 0.259 e. The minimum Gasteiger partial charge on any atom is -0.493 e. The number of aromatic nitrogens is 2. The van der Waals surface area contributed by atoms with Gasteiger partial charge in [-0.05, 0) is 44.0 Å². The van der Waals surface area contributed by atoms with Gasteiger partial charge in [-0.15, -0.1) is 0 Å². The lowest BCUT2D eigenvalue weighted by molar-refractivity contribution is 0.0997. The molecule has 0 saturated heterocycles. The molecule has 0 radical (unpaired) electrons. The molecule has 7 N–H and O–H groups in total. The average molecular weight is 508 g/mol. The summed E-state index contributed by atoms with van der Waals surface area (Å²) in [5, 5.41) is 8.82. The Kier molecular flexibility index (Phi) is 8.14. The van der Waals surface area contributed by atoms with Crippen molar-refractivity contribution < 1.29 is 18.7 Å². The van der Waals surface area contributed by atoms with Crippen LogP contribution in [0.15, 0.2) is 48.8 Å². The lowest BCUT2D eigenvalue weighted by Gasteiger charge is -2.30. The zero-order valence-corrected chi connectivity index (χ0v) is 20.5. The van der Waals surface area contributed by atoms with Crippen LogP contribution in [-0.2, 0) is 0 Å². The van der Waals surface area contributed by atoms with E-state index in [1.165, 1.54) is 12.4 Å².